The van der Waals surface area contributed by atoms with Crippen LogP contribution in [0.25, 0.3) is 0 Å². The van der Waals surface area contributed by atoms with Gasteiger partial charge in [0.05, 0.1) is 12.1 Å². The van der Waals surface area contributed by atoms with Gasteiger partial charge in [0, 0.05) is 6.54 Å². The van der Waals surface area contributed by atoms with E-state index < -0.39 is 29.7 Å². The molecular weight excluding hydrogens is 224 g/mol. The first-order chi connectivity index (χ1) is 7.61. The average molecular weight is 246 g/mol. The number of imide groups is 1. The van der Waals surface area contributed by atoms with Gasteiger partial charge in [-0.15, -0.1) is 0 Å². The Morgan fingerprint density at radius 3 is 2.24 bits per heavy atom. The monoisotopic (exact) mass is 246 g/mol. The summed E-state index contributed by atoms with van der Waals surface area (Å²) in [4.78, 5) is 22.8. The molecule has 0 aliphatic carbocycles. The number of alkyl carbamates (subject to hydrolysis) is 1. The van der Waals surface area contributed by atoms with Crippen molar-refractivity contribution in [1.29, 1.82) is 0 Å². The molecule has 0 bridgehead atoms. The van der Waals surface area contributed by atoms with E-state index in [1.807, 2.05) is 0 Å². The third kappa shape index (κ3) is 8.65. The third-order valence-corrected chi connectivity index (χ3v) is 1.74. The molecule has 2 atom stereocenters. The van der Waals surface area contributed by atoms with Crippen LogP contribution in [0, 0.1) is 0 Å². The summed E-state index contributed by atoms with van der Waals surface area (Å²) >= 11 is 0. The summed E-state index contributed by atoms with van der Waals surface area (Å²) in [7, 11) is 0. The van der Waals surface area contributed by atoms with Crippen LogP contribution in [0.3, 0.4) is 0 Å². The first kappa shape index (κ1) is 15.9. The average Bonchev–Trinajstić information content (AvgIpc) is 2.10. The Labute approximate surface area is 102 Å². The molecule has 0 aromatic heterocycles. The minimum Gasteiger partial charge on any atom is -0.444 e. The van der Waals surface area contributed by atoms with E-state index >= 15 is 0 Å². The third-order valence-electron chi connectivity index (χ3n) is 1.74. The highest BCUT2D eigenvalue weighted by molar-refractivity contribution is 5.94. The molecular formula is C11H22N2O4. The second-order valence-electron chi connectivity index (χ2n) is 4.97. The molecule has 0 saturated carbocycles. The van der Waals surface area contributed by atoms with Gasteiger partial charge in [0.15, 0.2) is 0 Å². The Kier molecular flexibility index (Phi) is 6.12. The summed E-state index contributed by atoms with van der Waals surface area (Å²) in [5.74, 6) is -0.486. The molecule has 0 rings (SSSR count). The topological polar surface area (TPSA) is 87.7 Å². The predicted molar refractivity (Wildman–Crippen MR) is 63.5 cm³/mol. The molecule has 0 aliphatic rings. The van der Waals surface area contributed by atoms with E-state index in [1.165, 1.54) is 0 Å². The zero-order valence-electron chi connectivity index (χ0n) is 11.0. The van der Waals surface area contributed by atoms with E-state index in [0.717, 1.165) is 0 Å². The van der Waals surface area contributed by atoms with Crippen LogP contribution in [-0.2, 0) is 9.53 Å². The maximum atomic E-state index is 11.5. The summed E-state index contributed by atoms with van der Waals surface area (Å²) in [6.07, 6.45) is -1.32. The van der Waals surface area contributed by atoms with Gasteiger partial charge in [0.25, 0.3) is 0 Å². The van der Waals surface area contributed by atoms with Crippen LogP contribution in [0.4, 0.5) is 4.79 Å². The van der Waals surface area contributed by atoms with Gasteiger partial charge in [-0.3, -0.25) is 10.1 Å². The quantitative estimate of drug-likeness (QED) is 0.668. The van der Waals surface area contributed by atoms with Crippen molar-refractivity contribution in [1.82, 2.24) is 10.6 Å². The van der Waals surface area contributed by atoms with E-state index in [0.29, 0.717) is 0 Å². The summed E-state index contributed by atoms with van der Waals surface area (Å²) in [5.41, 5.74) is -0.638. The van der Waals surface area contributed by atoms with Crippen LogP contribution in [0.2, 0.25) is 0 Å². The van der Waals surface area contributed by atoms with Gasteiger partial charge in [-0.2, -0.15) is 0 Å². The number of hydrogen-bond donors (Lipinski definition) is 3. The first-order valence-corrected chi connectivity index (χ1v) is 5.57. The molecule has 6 heteroatoms. The summed E-state index contributed by atoms with van der Waals surface area (Å²) < 4.78 is 4.94. The van der Waals surface area contributed by atoms with Gasteiger partial charge in [0.2, 0.25) is 5.91 Å². The van der Waals surface area contributed by atoms with Crippen molar-refractivity contribution in [3.63, 3.8) is 0 Å². The zero-order chi connectivity index (χ0) is 13.6. The van der Waals surface area contributed by atoms with Gasteiger partial charge < -0.3 is 15.2 Å². The van der Waals surface area contributed by atoms with E-state index in [9.17, 15) is 9.59 Å². The Balaban J connectivity index is 4.04. The molecule has 0 aromatic rings. The van der Waals surface area contributed by atoms with Gasteiger partial charge in [0.1, 0.15) is 5.60 Å². The largest absolute Gasteiger partial charge is 0.444 e. The molecule has 0 spiro atoms. The van der Waals surface area contributed by atoms with Crippen molar-refractivity contribution in [3.05, 3.63) is 0 Å². The van der Waals surface area contributed by atoms with E-state index in [4.69, 9.17) is 9.84 Å². The normalized spacial score (nSPS) is 14.9. The van der Waals surface area contributed by atoms with Crippen LogP contribution in [-0.4, -0.2) is 41.4 Å². The van der Waals surface area contributed by atoms with Crippen molar-refractivity contribution in [2.45, 2.75) is 52.4 Å². The van der Waals surface area contributed by atoms with Crippen molar-refractivity contribution in [2.75, 3.05) is 6.54 Å². The number of carbonyl (C=O) groups excluding carboxylic acids is 2. The number of hydrogen-bond acceptors (Lipinski definition) is 5. The van der Waals surface area contributed by atoms with E-state index in [-0.39, 0.29) is 6.54 Å². The number of amides is 2. The number of aliphatic hydroxyl groups is 1. The fraction of sp³-hybridized carbons (Fsp3) is 0.818. The summed E-state index contributed by atoms with van der Waals surface area (Å²) in [6, 6.07) is -0.572. The lowest BCUT2D eigenvalue weighted by molar-refractivity contribution is -0.122. The van der Waals surface area contributed by atoms with Crippen molar-refractivity contribution >= 4 is 12.0 Å². The molecule has 0 aromatic carbocycles. The number of aliphatic hydroxyl groups excluding tert-OH is 1. The SMILES string of the molecule is CC(O)CN[C@H](C)C(=O)NC(=O)OC(C)(C)C. The Morgan fingerprint density at radius 1 is 1.29 bits per heavy atom. The second kappa shape index (κ2) is 6.56. The molecule has 2 amide bonds. The Hall–Kier alpha value is -1.14. The minimum absolute atomic E-state index is 0.281. The van der Waals surface area contributed by atoms with E-state index in [1.54, 1.807) is 34.6 Å². The van der Waals surface area contributed by atoms with Gasteiger partial charge in [-0.1, -0.05) is 0 Å². The highest BCUT2D eigenvalue weighted by Gasteiger charge is 2.20. The molecule has 6 nitrogen and oxygen atoms in total. The van der Waals surface area contributed by atoms with Crippen LogP contribution in [0.1, 0.15) is 34.6 Å². The van der Waals surface area contributed by atoms with Crippen LogP contribution >= 0.6 is 0 Å². The number of nitrogens with one attached hydrogen (secondary N) is 2. The van der Waals surface area contributed by atoms with Gasteiger partial charge >= 0.3 is 6.09 Å². The molecule has 100 valence electrons. The summed E-state index contributed by atoms with van der Waals surface area (Å²) in [5, 5.41) is 13.9. The van der Waals surface area contributed by atoms with Crippen LogP contribution in [0.5, 0.6) is 0 Å². The van der Waals surface area contributed by atoms with Crippen molar-refractivity contribution in [3.8, 4) is 0 Å². The van der Waals surface area contributed by atoms with Gasteiger partial charge in [-0.25, -0.2) is 4.79 Å². The Bertz CT molecular complexity index is 271. The zero-order valence-corrected chi connectivity index (χ0v) is 11.0. The molecule has 0 fully saturated rings. The standard InChI is InChI=1S/C11H22N2O4/c1-7(14)6-12-8(2)9(15)13-10(16)17-11(3,4)5/h7-8,12,14H,6H2,1-5H3,(H,13,15,16)/t7?,8-/m1/s1. The smallest absolute Gasteiger partial charge is 0.414 e. The molecule has 0 saturated heterocycles. The lowest BCUT2D eigenvalue weighted by Gasteiger charge is -2.20. The van der Waals surface area contributed by atoms with Crippen molar-refractivity contribution in [2.24, 2.45) is 0 Å². The van der Waals surface area contributed by atoms with Crippen LogP contribution in [0.15, 0.2) is 0 Å². The Morgan fingerprint density at radius 2 is 1.82 bits per heavy atom. The first-order valence-electron chi connectivity index (χ1n) is 5.57. The highest BCUT2D eigenvalue weighted by Crippen LogP contribution is 2.06. The second-order valence-corrected chi connectivity index (χ2v) is 4.97. The predicted octanol–water partition coefficient (Wildman–Crippen LogP) is 0.397. The molecule has 0 aliphatic heterocycles. The molecule has 0 radical (unpaired) electrons. The van der Waals surface area contributed by atoms with Gasteiger partial charge in [-0.05, 0) is 34.6 Å². The number of carbonyl (C=O) groups is 2. The fourth-order valence-corrected chi connectivity index (χ4v) is 0.952. The molecule has 17 heavy (non-hydrogen) atoms. The summed E-state index contributed by atoms with van der Waals surface area (Å²) in [6.45, 7) is 8.63. The maximum absolute atomic E-state index is 11.5. The van der Waals surface area contributed by atoms with Crippen LogP contribution < -0.4 is 10.6 Å². The lowest BCUT2D eigenvalue weighted by Crippen LogP contribution is -2.47. The molecule has 1 unspecified atom stereocenters. The van der Waals surface area contributed by atoms with E-state index in [2.05, 4.69) is 10.6 Å². The fourth-order valence-electron chi connectivity index (χ4n) is 0.952. The number of rotatable bonds is 4. The minimum atomic E-state index is -0.770. The maximum Gasteiger partial charge on any atom is 0.414 e. The highest BCUT2D eigenvalue weighted by atomic mass is 16.6. The molecule has 3 N–H and O–H groups in total. The van der Waals surface area contributed by atoms with Crippen molar-refractivity contribution < 1.29 is 19.4 Å². The lowest BCUT2D eigenvalue weighted by atomic mass is 10.2. The molecule has 0 heterocycles. The number of ether oxygens (including phenoxy) is 1.